The SMILES string of the molecule is O=C(OC(C(=O)NC1CC1)c1ccc(F)cc1)c1cc(C(F)(F)F)cc(C(F)(F)F)c1. The van der Waals surface area contributed by atoms with Crippen LogP contribution < -0.4 is 5.32 Å². The van der Waals surface area contributed by atoms with Gasteiger partial charge in [0, 0.05) is 11.6 Å². The molecule has 0 spiro atoms. The van der Waals surface area contributed by atoms with Gasteiger partial charge in [-0.25, -0.2) is 9.18 Å². The van der Waals surface area contributed by atoms with E-state index in [2.05, 4.69) is 5.32 Å². The van der Waals surface area contributed by atoms with E-state index >= 15 is 0 Å². The highest BCUT2D eigenvalue weighted by Gasteiger charge is 2.38. The number of nitrogens with one attached hydrogen (secondary N) is 1. The Balaban J connectivity index is 1.95. The van der Waals surface area contributed by atoms with Crippen LogP contribution in [0, 0.1) is 5.82 Å². The van der Waals surface area contributed by atoms with Crippen molar-refractivity contribution in [3.63, 3.8) is 0 Å². The zero-order chi connectivity index (χ0) is 23.0. The Morgan fingerprint density at radius 1 is 0.903 bits per heavy atom. The van der Waals surface area contributed by atoms with E-state index in [1.165, 1.54) is 0 Å². The molecular formula is C20H14F7NO3. The summed E-state index contributed by atoms with van der Waals surface area (Å²) in [6.07, 6.45) is -10.7. The first kappa shape index (κ1) is 22.6. The molecule has 0 aliphatic heterocycles. The minimum absolute atomic E-state index is 0.00378. The van der Waals surface area contributed by atoms with E-state index in [0.29, 0.717) is 12.8 Å². The van der Waals surface area contributed by atoms with Gasteiger partial charge >= 0.3 is 18.3 Å². The molecule has 0 bridgehead atoms. The van der Waals surface area contributed by atoms with Gasteiger partial charge in [0.15, 0.2) is 0 Å². The van der Waals surface area contributed by atoms with Crippen LogP contribution >= 0.6 is 0 Å². The third kappa shape index (κ3) is 5.74. The van der Waals surface area contributed by atoms with Crippen molar-refractivity contribution in [1.29, 1.82) is 0 Å². The molecule has 4 nitrogen and oxygen atoms in total. The monoisotopic (exact) mass is 449 g/mol. The van der Waals surface area contributed by atoms with E-state index in [-0.39, 0.29) is 29.8 Å². The number of carbonyl (C=O) groups excluding carboxylic acids is 2. The number of benzene rings is 2. The van der Waals surface area contributed by atoms with Gasteiger partial charge in [0.05, 0.1) is 16.7 Å². The maximum Gasteiger partial charge on any atom is 0.416 e. The van der Waals surface area contributed by atoms with Crippen LogP contribution in [0.15, 0.2) is 42.5 Å². The van der Waals surface area contributed by atoms with Crippen molar-refractivity contribution in [3.8, 4) is 0 Å². The highest BCUT2D eigenvalue weighted by Crippen LogP contribution is 2.37. The average Bonchev–Trinajstić information content (AvgIpc) is 3.49. The molecule has 0 heterocycles. The van der Waals surface area contributed by atoms with E-state index in [0.717, 1.165) is 24.3 Å². The molecule has 1 fully saturated rings. The summed E-state index contributed by atoms with van der Waals surface area (Å²) in [7, 11) is 0. The van der Waals surface area contributed by atoms with Crippen molar-refractivity contribution in [2.75, 3.05) is 0 Å². The van der Waals surface area contributed by atoms with Gasteiger partial charge in [-0.1, -0.05) is 12.1 Å². The molecule has 1 atom stereocenters. The lowest BCUT2D eigenvalue weighted by molar-refractivity contribution is -0.143. The maximum absolute atomic E-state index is 13.2. The molecule has 1 unspecified atom stereocenters. The Kier molecular flexibility index (Phi) is 5.97. The summed E-state index contributed by atoms with van der Waals surface area (Å²) in [4.78, 5) is 24.9. The zero-order valence-electron chi connectivity index (χ0n) is 15.5. The fourth-order valence-electron chi connectivity index (χ4n) is 2.66. The predicted molar refractivity (Wildman–Crippen MR) is 92.2 cm³/mol. The summed E-state index contributed by atoms with van der Waals surface area (Å²) >= 11 is 0. The maximum atomic E-state index is 13.2. The van der Waals surface area contributed by atoms with Gasteiger partial charge in [0.1, 0.15) is 5.82 Å². The van der Waals surface area contributed by atoms with Crippen LogP contribution in [0.3, 0.4) is 0 Å². The average molecular weight is 449 g/mol. The molecule has 1 amide bonds. The normalized spacial score (nSPS) is 15.3. The zero-order valence-corrected chi connectivity index (χ0v) is 15.5. The first-order valence-electron chi connectivity index (χ1n) is 8.91. The third-order valence-electron chi connectivity index (χ3n) is 4.38. The smallest absolute Gasteiger partial charge is 0.416 e. The Bertz CT molecular complexity index is 947. The van der Waals surface area contributed by atoms with Crippen LogP contribution in [0.25, 0.3) is 0 Å². The number of alkyl halides is 6. The Morgan fingerprint density at radius 3 is 1.87 bits per heavy atom. The lowest BCUT2D eigenvalue weighted by atomic mass is 10.0. The number of halogens is 7. The molecule has 1 aliphatic rings. The van der Waals surface area contributed by atoms with Crippen LogP contribution in [-0.4, -0.2) is 17.9 Å². The largest absolute Gasteiger partial charge is 0.444 e. The summed E-state index contributed by atoms with van der Waals surface area (Å²) in [6, 6.07) is 4.27. The summed E-state index contributed by atoms with van der Waals surface area (Å²) < 4.78 is 96.3. The topological polar surface area (TPSA) is 55.4 Å². The van der Waals surface area contributed by atoms with Gasteiger partial charge in [0.25, 0.3) is 5.91 Å². The van der Waals surface area contributed by atoms with Gasteiger partial charge in [-0.3, -0.25) is 4.79 Å². The highest BCUT2D eigenvalue weighted by molar-refractivity contribution is 5.93. The molecule has 3 rings (SSSR count). The van der Waals surface area contributed by atoms with Crippen molar-refractivity contribution < 1.29 is 45.1 Å². The summed E-state index contributed by atoms with van der Waals surface area (Å²) in [5.41, 5.74) is -4.44. The van der Waals surface area contributed by atoms with Crippen LogP contribution in [-0.2, 0) is 21.9 Å². The van der Waals surface area contributed by atoms with Crippen molar-refractivity contribution in [1.82, 2.24) is 5.32 Å². The second-order valence-electron chi connectivity index (χ2n) is 6.91. The number of esters is 1. The van der Waals surface area contributed by atoms with Crippen molar-refractivity contribution in [3.05, 3.63) is 70.5 Å². The van der Waals surface area contributed by atoms with E-state index in [9.17, 15) is 40.3 Å². The minimum atomic E-state index is -5.16. The lowest BCUT2D eigenvalue weighted by Gasteiger charge is -2.19. The quantitative estimate of drug-likeness (QED) is 0.514. The highest BCUT2D eigenvalue weighted by atomic mass is 19.4. The summed E-state index contributed by atoms with van der Waals surface area (Å²) in [5, 5.41) is 2.53. The number of hydrogen-bond acceptors (Lipinski definition) is 3. The second-order valence-corrected chi connectivity index (χ2v) is 6.91. The number of amides is 1. The third-order valence-corrected chi connectivity index (χ3v) is 4.38. The predicted octanol–water partition coefficient (Wildman–Crippen LogP) is 5.04. The molecule has 1 saturated carbocycles. The molecule has 166 valence electrons. The lowest BCUT2D eigenvalue weighted by Crippen LogP contribution is -2.33. The van der Waals surface area contributed by atoms with Crippen molar-refractivity contribution in [2.45, 2.75) is 37.3 Å². The van der Waals surface area contributed by atoms with Gasteiger partial charge in [-0.05, 0) is 43.2 Å². The molecule has 31 heavy (non-hydrogen) atoms. The number of hydrogen-bond donors (Lipinski definition) is 1. The first-order chi connectivity index (χ1) is 14.3. The van der Waals surface area contributed by atoms with E-state index in [1.54, 1.807) is 0 Å². The van der Waals surface area contributed by atoms with Crippen LogP contribution in [0.2, 0.25) is 0 Å². The molecule has 11 heteroatoms. The molecular weight excluding hydrogens is 435 g/mol. The van der Waals surface area contributed by atoms with Gasteiger partial charge in [0.2, 0.25) is 6.10 Å². The molecule has 2 aromatic rings. The molecule has 0 aromatic heterocycles. The van der Waals surface area contributed by atoms with E-state index in [4.69, 9.17) is 4.74 Å². The molecule has 0 saturated heterocycles. The number of ether oxygens (including phenoxy) is 1. The fraction of sp³-hybridized carbons (Fsp3) is 0.300. The van der Waals surface area contributed by atoms with Crippen molar-refractivity contribution in [2.24, 2.45) is 0 Å². The fourth-order valence-corrected chi connectivity index (χ4v) is 2.66. The molecule has 0 radical (unpaired) electrons. The first-order valence-corrected chi connectivity index (χ1v) is 8.91. The van der Waals surface area contributed by atoms with Gasteiger partial charge in [-0.2, -0.15) is 26.3 Å². The molecule has 2 aromatic carbocycles. The van der Waals surface area contributed by atoms with Crippen LogP contribution in [0.5, 0.6) is 0 Å². The number of carbonyl (C=O) groups is 2. The van der Waals surface area contributed by atoms with Gasteiger partial charge in [-0.15, -0.1) is 0 Å². The van der Waals surface area contributed by atoms with E-state index < -0.39 is 52.8 Å². The Morgan fingerprint density at radius 2 is 1.42 bits per heavy atom. The second kappa shape index (κ2) is 8.20. The number of rotatable bonds is 5. The van der Waals surface area contributed by atoms with Crippen LogP contribution in [0.1, 0.15) is 46.0 Å². The van der Waals surface area contributed by atoms with Gasteiger partial charge < -0.3 is 10.1 Å². The molecule has 1 aliphatic carbocycles. The minimum Gasteiger partial charge on any atom is -0.444 e. The summed E-state index contributed by atoms with van der Waals surface area (Å²) in [6.45, 7) is 0. The summed E-state index contributed by atoms with van der Waals surface area (Å²) in [5.74, 6) is -3.06. The Hall–Kier alpha value is -3.11. The van der Waals surface area contributed by atoms with Crippen LogP contribution in [0.4, 0.5) is 30.7 Å². The van der Waals surface area contributed by atoms with E-state index in [1.807, 2.05) is 0 Å². The Labute approximate surface area is 171 Å². The van der Waals surface area contributed by atoms with Crippen molar-refractivity contribution >= 4 is 11.9 Å². The molecule has 1 N–H and O–H groups in total. The standard InChI is InChI=1S/C20H14F7NO3/c21-14-3-1-10(2-4-14)16(17(29)28-15-5-6-15)31-18(30)11-7-12(19(22,23)24)9-13(8-11)20(25,26)27/h1-4,7-9,15-16H,5-6H2,(H,28,29).